The summed E-state index contributed by atoms with van der Waals surface area (Å²) in [6.45, 7) is 0. The molecule has 0 fully saturated rings. The van der Waals surface area contributed by atoms with Crippen LogP contribution < -0.4 is 9.64 Å². The molecule has 0 N–H and O–H groups in total. The lowest BCUT2D eigenvalue weighted by Crippen LogP contribution is -2.40. The summed E-state index contributed by atoms with van der Waals surface area (Å²) in [6.07, 6.45) is 6.25. The van der Waals surface area contributed by atoms with Gasteiger partial charge in [0.25, 0.3) is 0 Å². The van der Waals surface area contributed by atoms with Crippen molar-refractivity contribution in [2.45, 2.75) is 57.3 Å². The first-order valence-corrected chi connectivity index (χ1v) is 11.7. The third-order valence-corrected chi connectivity index (χ3v) is 7.94. The maximum Gasteiger partial charge on any atom is 0.232 e. The number of nitriles is 1. The van der Waals surface area contributed by atoms with Gasteiger partial charge in [-0.2, -0.15) is 5.26 Å². The first-order valence-electron chi connectivity index (χ1n) is 10.9. The van der Waals surface area contributed by atoms with E-state index < -0.39 is 0 Å². The molecule has 31 heavy (non-hydrogen) atoms. The number of ketones is 1. The Labute approximate surface area is 185 Å². The zero-order valence-electron chi connectivity index (χ0n) is 17.6. The number of rotatable bonds is 3. The first-order chi connectivity index (χ1) is 15.1. The van der Waals surface area contributed by atoms with Gasteiger partial charge in [-0.05, 0) is 61.8 Å². The lowest BCUT2D eigenvalue weighted by Gasteiger charge is -2.37. The predicted octanol–water partition coefficient (Wildman–Crippen LogP) is 5.03. The summed E-state index contributed by atoms with van der Waals surface area (Å²) in [4.78, 5) is 29.5. The van der Waals surface area contributed by atoms with Crippen molar-refractivity contribution < 1.29 is 14.3 Å². The number of amides is 1. The molecule has 158 valence electrons. The number of Topliss-reactive ketones (excluding diaryl/α,β-unsaturated/α-hetero) is 1. The van der Waals surface area contributed by atoms with Crippen LogP contribution in [0.2, 0.25) is 0 Å². The minimum atomic E-state index is -0.238. The highest BCUT2D eigenvalue weighted by Gasteiger charge is 2.41. The molecule has 1 aromatic heterocycles. The molecule has 2 aliphatic carbocycles. The quantitative estimate of drug-likeness (QED) is 0.682. The topological polar surface area (TPSA) is 70.4 Å². The number of aryl methyl sites for hydroxylation is 1. The number of benzene rings is 1. The summed E-state index contributed by atoms with van der Waals surface area (Å²) in [5.41, 5.74) is 4.28. The highest BCUT2D eigenvalue weighted by atomic mass is 32.1. The van der Waals surface area contributed by atoms with Gasteiger partial charge in [-0.25, -0.2) is 0 Å². The predicted molar refractivity (Wildman–Crippen MR) is 119 cm³/mol. The minimum Gasteiger partial charge on any atom is -0.497 e. The molecule has 6 heteroatoms. The standard InChI is InChI=1S/C25H24N2O3S/c1-30-16-11-9-15(10-12-16)18-13-23(29)27(20-6-4-7-21(28)24(18)20)25-19(14-26)17-5-2-3-8-22(17)31-25/h9-12,18H,2-8,13H2,1H3/t18-/m0/s1. The van der Waals surface area contributed by atoms with Gasteiger partial charge in [0.15, 0.2) is 5.78 Å². The Hall–Kier alpha value is -2.91. The van der Waals surface area contributed by atoms with Crippen molar-refractivity contribution in [3.8, 4) is 11.8 Å². The summed E-state index contributed by atoms with van der Waals surface area (Å²) in [5, 5.41) is 10.7. The van der Waals surface area contributed by atoms with E-state index >= 15 is 0 Å². The monoisotopic (exact) mass is 432 g/mol. The summed E-state index contributed by atoms with van der Waals surface area (Å²) in [5.74, 6) is 0.612. The maximum absolute atomic E-state index is 13.5. The van der Waals surface area contributed by atoms with Gasteiger partial charge in [0.2, 0.25) is 5.91 Å². The lowest BCUT2D eigenvalue weighted by atomic mass is 9.77. The van der Waals surface area contributed by atoms with Gasteiger partial charge in [-0.1, -0.05) is 12.1 Å². The molecule has 0 saturated carbocycles. The molecule has 1 aromatic carbocycles. The number of nitrogens with zero attached hydrogens (tertiary/aromatic N) is 2. The maximum atomic E-state index is 13.5. The Morgan fingerprint density at radius 1 is 1.06 bits per heavy atom. The van der Waals surface area contributed by atoms with Gasteiger partial charge in [0, 0.05) is 34.9 Å². The van der Waals surface area contributed by atoms with Gasteiger partial charge in [0.1, 0.15) is 16.8 Å². The smallest absolute Gasteiger partial charge is 0.232 e. The second-order valence-electron chi connectivity index (χ2n) is 8.40. The van der Waals surface area contributed by atoms with Crippen molar-refractivity contribution in [3.63, 3.8) is 0 Å². The molecule has 0 spiro atoms. The molecule has 1 aliphatic heterocycles. The lowest BCUT2D eigenvalue weighted by molar-refractivity contribution is -0.119. The van der Waals surface area contributed by atoms with Crippen LogP contribution in [0.4, 0.5) is 5.00 Å². The molecule has 1 amide bonds. The summed E-state index contributed by atoms with van der Waals surface area (Å²) < 4.78 is 5.26. The van der Waals surface area contributed by atoms with E-state index in [1.807, 2.05) is 24.3 Å². The van der Waals surface area contributed by atoms with Gasteiger partial charge in [0.05, 0.1) is 12.7 Å². The van der Waals surface area contributed by atoms with E-state index in [9.17, 15) is 14.9 Å². The number of thiophene rings is 1. The number of carbonyl (C=O) groups excluding carboxylic acids is 2. The van der Waals surface area contributed by atoms with Crippen LogP contribution >= 0.6 is 11.3 Å². The Bertz CT molecular complexity index is 1140. The van der Waals surface area contributed by atoms with Crippen molar-refractivity contribution in [1.29, 1.82) is 5.26 Å². The van der Waals surface area contributed by atoms with Gasteiger partial charge in [-0.3, -0.25) is 14.5 Å². The molecule has 0 bridgehead atoms. The molecule has 0 radical (unpaired) electrons. The van der Waals surface area contributed by atoms with Crippen LogP contribution in [-0.4, -0.2) is 18.8 Å². The van der Waals surface area contributed by atoms with Crippen LogP contribution in [0.5, 0.6) is 5.75 Å². The zero-order chi connectivity index (χ0) is 21.5. The van der Waals surface area contributed by atoms with Gasteiger partial charge in [-0.15, -0.1) is 11.3 Å². The second-order valence-corrected chi connectivity index (χ2v) is 9.48. The van der Waals surface area contributed by atoms with E-state index in [1.165, 1.54) is 4.88 Å². The Balaban J connectivity index is 1.64. The normalized spacial score (nSPS) is 20.9. The third-order valence-electron chi connectivity index (χ3n) is 6.66. The molecule has 0 saturated heterocycles. The number of hydrogen-bond acceptors (Lipinski definition) is 5. The van der Waals surface area contributed by atoms with Crippen LogP contribution in [0.15, 0.2) is 35.5 Å². The van der Waals surface area contributed by atoms with Crippen LogP contribution in [0.3, 0.4) is 0 Å². The van der Waals surface area contributed by atoms with Gasteiger partial charge < -0.3 is 4.74 Å². The fourth-order valence-electron chi connectivity index (χ4n) is 5.17. The summed E-state index contributed by atoms with van der Waals surface area (Å²) >= 11 is 1.58. The Kier molecular flexibility index (Phi) is 5.15. The van der Waals surface area contributed by atoms with Crippen molar-refractivity contribution in [2.24, 2.45) is 0 Å². The van der Waals surface area contributed by atoms with Crippen LogP contribution in [0.1, 0.15) is 66.0 Å². The number of methoxy groups -OCH3 is 1. The van der Waals surface area contributed by atoms with Crippen molar-refractivity contribution in [3.05, 3.63) is 57.1 Å². The molecule has 2 heterocycles. The number of hydrogen-bond donors (Lipinski definition) is 0. The van der Waals surface area contributed by atoms with Crippen LogP contribution in [0.25, 0.3) is 0 Å². The van der Waals surface area contributed by atoms with Crippen LogP contribution in [-0.2, 0) is 22.4 Å². The molecule has 5 nitrogen and oxygen atoms in total. The van der Waals surface area contributed by atoms with E-state index in [2.05, 4.69) is 6.07 Å². The average Bonchev–Trinajstić information content (AvgIpc) is 3.16. The Morgan fingerprint density at radius 2 is 1.84 bits per heavy atom. The average molecular weight is 433 g/mol. The Morgan fingerprint density at radius 3 is 2.58 bits per heavy atom. The highest BCUT2D eigenvalue weighted by molar-refractivity contribution is 7.16. The molecular weight excluding hydrogens is 408 g/mol. The summed E-state index contributed by atoms with van der Waals surface area (Å²) in [6, 6.07) is 10.0. The number of fused-ring (bicyclic) bond motifs is 1. The SMILES string of the molecule is COc1ccc([C@@H]2CC(=O)N(c3sc4c(c3C#N)CCCC4)C3=C2C(=O)CCC3)cc1. The van der Waals surface area contributed by atoms with E-state index in [4.69, 9.17) is 4.74 Å². The fraction of sp³-hybridized carbons (Fsp3) is 0.400. The summed E-state index contributed by atoms with van der Waals surface area (Å²) in [7, 11) is 1.62. The van der Waals surface area contributed by atoms with Crippen molar-refractivity contribution in [1.82, 2.24) is 0 Å². The van der Waals surface area contributed by atoms with E-state index in [0.717, 1.165) is 65.3 Å². The van der Waals surface area contributed by atoms with Crippen molar-refractivity contribution >= 4 is 28.0 Å². The van der Waals surface area contributed by atoms with E-state index in [-0.39, 0.29) is 24.0 Å². The number of allylic oxidation sites excluding steroid dienone is 2. The molecular formula is C25H24N2O3S. The molecule has 1 atom stereocenters. The number of ether oxygens (including phenoxy) is 1. The largest absolute Gasteiger partial charge is 0.497 e. The minimum absolute atomic E-state index is 0.0237. The molecule has 2 aromatic rings. The van der Waals surface area contributed by atoms with E-state index in [1.54, 1.807) is 23.3 Å². The first kappa shape index (κ1) is 20.0. The third kappa shape index (κ3) is 3.28. The molecule has 3 aliphatic rings. The van der Waals surface area contributed by atoms with Crippen molar-refractivity contribution in [2.75, 3.05) is 12.0 Å². The van der Waals surface area contributed by atoms with Crippen LogP contribution in [0, 0.1) is 11.3 Å². The van der Waals surface area contributed by atoms with E-state index in [0.29, 0.717) is 18.4 Å². The fourth-order valence-corrected chi connectivity index (χ4v) is 6.55. The zero-order valence-corrected chi connectivity index (χ0v) is 18.4. The number of carbonyl (C=O) groups is 2. The molecule has 0 unspecified atom stereocenters. The molecule has 5 rings (SSSR count). The van der Waals surface area contributed by atoms with Gasteiger partial charge >= 0.3 is 0 Å². The number of anilines is 1. The second kappa shape index (κ2) is 7.97. The highest BCUT2D eigenvalue weighted by Crippen LogP contribution is 2.48.